The molecule has 0 radical (unpaired) electrons. The maximum Gasteiger partial charge on any atom is 0.255 e. The molecule has 2 amide bonds. The Balaban J connectivity index is 2.77. The van der Waals surface area contributed by atoms with Gasteiger partial charge < -0.3 is 20.1 Å². The number of nitrogens with one attached hydrogen (secondary N) is 2. The Hall–Kier alpha value is -2.24. The highest BCUT2D eigenvalue weighted by atomic mass is 16.5. The zero-order chi connectivity index (χ0) is 15.8. The van der Waals surface area contributed by atoms with Gasteiger partial charge in [-0.15, -0.1) is 0 Å². The third-order valence-corrected chi connectivity index (χ3v) is 2.94. The molecule has 1 atom stereocenters. The fourth-order valence-electron chi connectivity index (χ4n) is 1.73. The normalized spacial score (nSPS) is 11.4. The molecule has 6 nitrogen and oxygen atoms in total. The van der Waals surface area contributed by atoms with Crippen LogP contribution in [0.4, 0.5) is 0 Å². The molecule has 1 rings (SSSR count). The highest BCUT2D eigenvalue weighted by Gasteiger charge is 2.19. The van der Waals surface area contributed by atoms with E-state index in [9.17, 15) is 9.59 Å². The van der Waals surface area contributed by atoms with E-state index in [0.717, 1.165) is 6.42 Å². The number of hydrogen-bond donors (Lipinski definition) is 2. The minimum atomic E-state index is -0.615. The van der Waals surface area contributed by atoms with Gasteiger partial charge in [0.25, 0.3) is 5.91 Å². The summed E-state index contributed by atoms with van der Waals surface area (Å²) in [5.41, 5.74) is 0.355. The van der Waals surface area contributed by atoms with Crippen molar-refractivity contribution in [1.82, 2.24) is 10.6 Å². The highest BCUT2D eigenvalue weighted by Crippen LogP contribution is 2.24. The number of carbonyl (C=O) groups excluding carboxylic acids is 2. The zero-order valence-electron chi connectivity index (χ0n) is 12.9. The lowest BCUT2D eigenvalue weighted by molar-refractivity contribution is -0.122. The van der Waals surface area contributed by atoms with Gasteiger partial charge in [0, 0.05) is 12.6 Å². The SMILES string of the molecule is CCCNC(=O)C(C)NC(=O)c1ccc(OC)cc1OC. The standard InChI is InChI=1S/C15H22N2O4/c1-5-8-16-14(18)10(2)17-15(19)12-7-6-11(20-3)9-13(12)21-4/h6-7,9-10H,5,8H2,1-4H3,(H,16,18)(H,17,19). The molecule has 0 heterocycles. The number of hydrogen-bond acceptors (Lipinski definition) is 4. The molecule has 116 valence electrons. The fraction of sp³-hybridized carbons (Fsp3) is 0.467. The van der Waals surface area contributed by atoms with Gasteiger partial charge >= 0.3 is 0 Å². The van der Waals surface area contributed by atoms with Crippen LogP contribution in [0.5, 0.6) is 11.5 Å². The second-order valence-corrected chi connectivity index (χ2v) is 4.55. The summed E-state index contributed by atoms with van der Waals surface area (Å²) in [6.45, 7) is 4.19. The van der Waals surface area contributed by atoms with Gasteiger partial charge in [0.2, 0.25) is 5.91 Å². The van der Waals surface area contributed by atoms with Crippen LogP contribution >= 0.6 is 0 Å². The van der Waals surface area contributed by atoms with E-state index in [0.29, 0.717) is 23.6 Å². The predicted octanol–water partition coefficient (Wildman–Crippen LogP) is 1.35. The summed E-state index contributed by atoms with van der Waals surface area (Å²) in [5.74, 6) is 0.413. The van der Waals surface area contributed by atoms with Gasteiger partial charge in [-0.25, -0.2) is 0 Å². The molecule has 0 bridgehead atoms. The lowest BCUT2D eigenvalue weighted by Gasteiger charge is -2.15. The summed E-state index contributed by atoms with van der Waals surface area (Å²) < 4.78 is 10.3. The Morgan fingerprint density at radius 1 is 1.24 bits per heavy atom. The van der Waals surface area contributed by atoms with Crippen LogP contribution in [0, 0.1) is 0 Å². The van der Waals surface area contributed by atoms with Crippen molar-refractivity contribution in [2.75, 3.05) is 20.8 Å². The Kier molecular flexibility index (Phi) is 6.52. The van der Waals surface area contributed by atoms with Crippen molar-refractivity contribution in [2.45, 2.75) is 26.3 Å². The van der Waals surface area contributed by atoms with Crippen LogP contribution in [0.2, 0.25) is 0 Å². The largest absolute Gasteiger partial charge is 0.497 e. The topological polar surface area (TPSA) is 76.7 Å². The molecule has 1 aromatic rings. The van der Waals surface area contributed by atoms with E-state index in [1.165, 1.54) is 14.2 Å². The molecule has 0 saturated heterocycles. The first-order valence-corrected chi connectivity index (χ1v) is 6.84. The summed E-state index contributed by atoms with van der Waals surface area (Å²) in [4.78, 5) is 23.9. The first-order valence-electron chi connectivity index (χ1n) is 6.84. The van der Waals surface area contributed by atoms with E-state index < -0.39 is 6.04 Å². The number of carbonyl (C=O) groups is 2. The van der Waals surface area contributed by atoms with Gasteiger partial charge in [0.1, 0.15) is 17.5 Å². The molecule has 2 N–H and O–H groups in total. The van der Waals surface area contributed by atoms with E-state index in [1.54, 1.807) is 25.1 Å². The minimum Gasteiger partial charge on any atom is -0.497 e. The molecular weight excluding hydrogens is 272 g/mol. The molecule has 0 fully saturated rings. The number of rotatable bonds is 7. The first kappa shape index (κ1) is 16.8. The van der Waals surface area contributed by atoms with Crippen LogP contribution in [-0.4, -0.2) is 38.6 Å². The summed E-state index contributed by atoms with van der Waals surface area (Å²) in [7, 11) is 3.01. The quantitative estimate of drug-likeness (QED) is 0.796. The monoisotopic (exact) mass is 294 g/mol. The van der Waals surface area contributed by atoms with Crippen molar-refractivity contribution < 1.29 is 19.1 Å². The number of benzene rings is 1. The van der Waals surface area contributed by atoms with E-state index in [-0.39, 0.29) is 11.8 Å². The molecule has 1 unspecified atom stereocenters. The van der Waals surface area contributed by atoms with Gasteiger partial charge in [-0.3, -0.25) is 9.59 Å². The Morgan fingerprint density at radius 3 is 2.52 bits per heavy atom. The molecule has 6 heteroatoms. The van der Waals surface area contributed by atoms with Crippen LogP contribution in [0.3, 0.4) is 0 Å². The van der Waals surface area contributed by atoms with Crippen LogP contribution in [0.1, 0.15) is 30.6 Å². The molecule has 0 aliphatic heterocycles. The van der Waals surface area contributed by atoms with Crippen LogP contribution < -0.4 is 20.1 Å². The van der Waals surface area contributed by atoms with E-state index >= 15 is 0 Å². The van der Waals surface area contributed by atoms with Gasteiger partial charge in [0.15, 0.2) is 0 Å². The lowest BCUT2D eigenvalue weighted by Crippen LogP contribution is -2.45. The molecule has 0 aliphatic rings. The van der Waals surface area contributed by atoms with Crippen molar-refractivity contribution in [3.05, 3.63) is 23.8 Å². The van der Waals surface area contributed by atoms with Crippen molar-refractivity contribution in [3.8, 4) is 11.5 Å². The first-order chi connectivity index (χ1) is 10.0. The number of amides is 2. The third kappa shape index (κ3) is 4.66. The van der Waals surface area contributed by atoms with Crippen LogP contribution in [-0.2, 0) is 4.79 Å². The molecule has 21 heavy (non-hydrogen) atoms. The lowest BCUT2D eigenvalue weighted by atomic mass is 10.1. The second kappa shape index (κ2) is 8.14. The maximum atomic E-state index is 12.2. The van der Waals surface area contributed by atoms with Crippen LogP contribution in [0.15, 0.2) is 18.2 Å². The molecule has 0 aliphatic carbocycles. The Morgan fingerprint density at radius 2 is 1.95 bits per heavy atom. The Bertz CT molecular complexity index is 502. The smallest absolute Gasteiger partial charge is 0.255 e. The molecule has 0 aromatic heterocycles. The van der Waals surface area contributed by atoms with Gasteiger partial charge in [-0.05, 0) is 25.5 Å². The van der Waals surface area contributed by atoms with E-state index in [1.807, 2.05) is 6.92 Å². The predicted molar refractivity (Wildman–Crippen MR) is 79.8 cm³/mol. The molecular formula is C15H22N2O4. The zero-order valence-corrected chi connectivity index (χ0v) is 12.9. The molecule has 0 spiro atoms. The summed E-state index contributed by atoms with van der Waals surface area (Å²) in [5, 5.41) is 5.38. The summed E-state index contributed by atoms with van der Waals surface area (Å²) in [6.07, 6.45) is 0.846. The fourth-order valence-corrected chi connectivity index (χ4v) is 1.73. The number of methoxy groups -OCH3 is 2. The van der Waals surface area contributed by atoms with Gasteiger partial charge in [-0.1, -0.05) is 6.92 Å². The van der Waals surface area contributed by atoms with Crippen molar-refractivity contribution in [3.63, 3.8) is 0 Å². The van der Waals surface area contributed by atoms with Crippen molar-refractivity contribution in [2.24, 2.45) is 0 Å². The van der Waals surface area contributed by atoms with Gasteiger partial charge in [0.05, 0.1) is 19.8 Å². The summed E-state index contributed by atoms with van der Waals surface area (Å²) in [6, 6.07) is 4.27. The highest BCUT2D eigenvalue weighted by molar-refractivity contribution is 5.99. The maximum absolute atomic E-state index is 12.2. The van der Waals surface area contributed by atoms with Crippen molar-refractivity contribution in [1.29, 1.82) is 0 Å². The van der Waals surface area contributed by atoms with E-state index in [2.05, 4.69) is 10.6 Å². The average molecular weight is 294 g/mol. The third-order valence-electron chi connectivity index (χ3n) is 2.94. The van der Waals surface area contributed by atoms with Crippen LogP contribution in [0.25, 0.3) is 0 Å². The molecule has 1 aromatic carbocycles. The summed E-state index contributed by atoms with van der Waals surface area (Å²) >= 11 is 0. The second-order valence-electron chi connectivity index (χ2n) is 4.55. The van der Waals surface area contributed by atoms with E-state index in [4.69, 9.17) is 9.47 Å². The number of ether oxygens (including phenoxy) is 2. The molecule has 0 saturated carbocycles. The van der Waals surface area contributed by atoms with Crippen molar-refractivity contribution >= 4 is 11.8 Å². The minimum absolute atomic E-state index is 0.210. The Labute approximate surface area is 124 Å². The average Bonchev–Trinajstić information content (AvgIpc) is 2.51. The van der Waals surface area contributed by atoms with Gasteiger partial charge in [-0.2, -0.15) is 0 Å².